The van der Waals surface area contributed by atoms with Gasteiger partial charge in [-0.1, -0.05) is 26.2 Å². The van der Waals surface area contributed by atoms with E-state index < -0.39 is 16.1 Å². The summed E-state index contributed by atoms with van der Waals surface area (Å²) in [6, 6.07) is 4.28. The molecule has 2 N–H and O–H groups in total. The average Bonchev–Trinajstić information content (AvgIpc) is 3.46. The number of carbonyl (C=O) groups is 1. The van der Waals surface area contributed by atoms with Gasteiger partial charge in [0.2, 0.25) is 0 Å². The van der Waals surface area contributed by atoms with Crippen molar-refractivity contribution in [3.8, 4) is 5.75 Å². The highest BCUT2D eigenvalue weighted by Gasteiger charge is 2.31. The Kier molecular flexibility index (Phi) is 12.7. The number of aromatic nitrogens is 2. The highest BCUT2D eigenvalue weighted by atomic mass is 32.2. The molecule has 1 aliphatic heterocycles. The number of likely N-dealkylation sites (N-methyl/N-ethyl adjacent to an activating group) is 1. The summed E-state index contributed by atoms with van der Waals surface area (Å²) in [4.78, 5) is 22.3. The van der Waals surface area contributed by atoms with Gasteiger partial charge in [0.15, 0.2) is 5.03 Å². The zero-order chi connectivity index (χ0) is 32.6. The number of anilines is 1. The van der Waals surface area contributed by atoms with Gasteiger partial charge in [-0.05, 0) is 77.1 Å². The van der Waals surface area contributed by atoms with Gasteiger partial charge in [-0.25, -0.2) is 4.98 Å². The van der Waals surface area contributed by atoms with E-state index in [0.29, 0.717) is 24.8 Å². The van der Waals surface area contributed by atoms with Crippen molar-refractivity contribution in [1.82, 2.24) is 19.4 Å². The second kappa shape index (κ2) is 16.2. The largest absolute Gasteiger partial charge is 0.490 e. The lowest BCUT2D eigenvalue weighted by atomic mass is 9.89. The normalized spacial score (nSPS) is 23.7. The van der Waals surface area contributed by atoms with E-state index in [1.807, 2.05) is 13.8 Å². The molecule has 1 aliphatic carbocycles. The first-order valence-corrected chi connectivity index (χ1v) is 18.0. The lowest BCUT2D eigenvalue weighted by Crippen LogP contribution is -2.47. The number of hydrogen-bond acceptors (Lipinski definition) is 8. The van der Waals surface area contributed by atoms with Crippen molar-refractivity contribution in [2.45, 2.75) is 95.4 Å². The molecule has 2 aliphatic rings. The van der Waals surface area contributed by atoms with Crippen molar-refractivity contribution in [3.05, 3.63) is 36.3 Å². The maximum atomic E-state index is 14.3. The Labute approximate surface area is 269 Å². The molecule has 0 unspecified atom stereocenters. The van der Waals surface area contributed by atoms with Crippen LogP contribution in [-0.4, -0.2) is 96.9 Å². The van der Waals surface area contributed by atoms with Gasteiger partial charge >= 0.3 is 0 Å². The summed E-state index contributed by atoms with van der Waals surface area (Å²) in [5.41, 5.74) is 0.458. The first-order chi connectivity index (χ1) is 21.5. The zero-order valence-corrected chi connectivity index (χ0v) is 28.5. The number of sulfonamides is 1. The van der Waals surface area contributed by atoms with Crippen LogP contribution in [0.25, 0.3) is 0 Å². The van der Waals surface area contributed by atoms with Crippen molar-refractivity contribution in [3.63, 3.8) is 0 Å². The smallest absolute Gasteiger partial charge is 0.280 e. The zero-order valence-electron chi connectivity index (χ0n) is 27.7. The minimum atomic E-state index is -3.98. The number of hydrogen-bond donors (Lipinski definition) is 2. The summed E-state index contributed by atoms with van der Waals surface area (Å²) in [5.74, 6) is 0.741. The van der Waals surface area contributed by atoms with Gasteiger partial charge < -0.3 is 28.9 Å². The molecule has 0 radical (unpaired) electrons. The van der Waals surface area contributed by atoms with Crippen LogP contribution in [0.5, 0.6) is 5.75 Å². The van der Waals surface area contributed by atoms with E-state index in [-0.39, 0.29) is 46.9 Å². The van der Waals surface area contributed by atoms with Crippen molar-refractivity contribution >= 4 is 21.6 Å². The fraction of sp³-hybridized carbons (Fsp3) is 0.697. The van der Waals surface area contributed by atoms with Gasteiger partial charge in [-0.15, -0.1) is 0 Å². The third kappa shape index (κ3) is 9.91. The molecule has 2 heterocycles. The Balaban J connectivity index is 1.61. The quantitative estimate of drug-likeness (QED) is 0.407. The number of carbonyl (C=O) groups excluding carboxylic acids is 1. The monoisotopic (exact) mass is 647 g/mol. The first-order valence-electron chi connectivity index (χ1n) is 16.5. The number of benzene rings is 1. The van der Waals surface area contributed by atoms with Crippen LogP contribution in [-0.2, 0) is 21.8 Å². The van der Waals surface area contributed by atoms with Gasteiger partial charge in [-0.2, -0.15) is 8.42 Å². The van der Waals surface area contributed by atoms with E-state index in [2.05, 4.69) is 28.6 Å². The number of aliphatic hydroxyl groups is 1. The van der Waals surface area contributed by atoms with Crippen molar-refractivity contribution < 1.29 is 27.8 Å². The average molecular weight is 648 g/mol. The van der Waals surface area contributed by atoms with Gasteiger partial charge in [-0.3, -0.25) is 9.52 Å². The standard InChI is InChI=1S/C33H53N5O6S/c1-24-18-38(25(2)22-39)33(40)29-17-28(35-45(41,42)32-21-37(5)23-34-32)14-15-30(29)44-26(3)11-9-10-16-43-31(24)20-36(4)19-27-12-7-6-8-13-27/h14-15,17,21,23-27,31,35,39H,6-13,16,18-20,22H2,1-5H3/t24-,25-,26+,31-/m0/s1. The molecule has 4 atom stereocenters. The summed E-state index contributed by atoms with van der Waals surface area (Å²) in [6.07, 6.45) is 11.7. The van der Waals surface area contributed by atoms with Crippen LogP contribution < -0.4 is 9.46 Å². The van der Waals surface area contributed by atoms with Crippen LogP contribution in [0.15, 0.2) is 35.7 Å². The Morgan fingerprint density at radius 3 is 2.53 bits per heavy atom. The second-order valence-corrected chi connectivity index (χ2v) is 14.8. The van der Waals surface area contributed by atoms with Crippen LogP contribution in [0.3, 0.4) is 0 Å². The number of amides is 1. The minimum absolute atomic E-state index is 0.0196. The van der Waals surface area contributed by atoms with Crippen molar-refractivity contribution in [2.75, 3.05) is 44.6 Å². The predicted molar refractivity (Wildman–Crippen MR) is 175 cm³/mol. The maximum Gasteiger partial charge on any atom is 0.280 e. The Morgan fingerprint density at radius 1 is 1.11 bits per heavy atom. The predicted octanol–water partition coefficient (Wildman–Crippen LogP) is 4.53. The molecule has 2 aromatic rings. The lowest BCUT2D eigenvalue weighted by Gasteiger charge is -2.36. The Hall–Kier alpha value is -2.67. The molecule has 1 aromatic heterocycles. The second-order valence-electron chi connectivity index (χ2n) is 13.2. The summed E-state index contributed by atoms with van der Waals surface area (Å²) >= 11 is 0. The molecule has 1 saturated carbocycles. The summed E-state index contributed by atoms with van der Waals surface area (Å²) in [6.45, 7) is 8.48. The molecule has 0 spiro atoms. The van der Waals surface area contributed by atoms with Crippen LogP contribution in [0.4, 0.5) is 5.69 Å². The molecule has 0 bridgehead atoms. The molecule has 4 rings (SSSR count). The molecule has 252 valence electrons. The number of rotatable bonds is 9. The summed E-state index contributed by atoms with van der Waals surface area (Å²) < 4.78 is 43.0. The number of fused-ring (bicyclic) bond motifs is 1. The third-order valence-electron chi connectivity index (χ3n) is 9.05. The topological polar surface area (TPSA) is 126 Å². The molecule has 1 aromatic carbocycles. The van der Waals surface area contributed by atoms with E-state index in [0.717, 1.165) is 32.4 Å². The van der Waals surface area contributed by atoms with E-state index in [1.165, 1.54) is 50.7 Å². The van der Waals surface area contributed by atoms with Gasteiger partial charge in [0, 0.05) is 51.1 Å². The fourth-order valence-corrected chi connectivity index (χ4v) is 7.41. The molecule has 0 saturated heterocycles. The number of ether oxygens (including phenoxy) is 2. The molecule has 45 heavy (non-hydrogen) atoms. The number of nitrogens with one attached hydrogen (secondary N) is 1. The van der Waals surface area contributed by atoms with Gasteiger partial charge in [0.1, 0.15) is 5.75 Å². The molecule has 12 heteroatoms. The van der Waals surface area contributed by atoms with Crippen molar-refractivity contribution in [1.29, 1.82) is 0 Å². The SMILES string of the molecule is C[C@@H]1CCCCO[C@@H](CN(C)CC2CCCCC2)[C@@H](C)CN([C@@H](C)CO)C(=O)c2cc(NS(=O)(=O)c3cn(C)cn3)ccc2O1. The van der Waals surface area contributed by atoms with E-state index >= 15 is 0 Å². The first kappa shape index (κ1) is 35.2. The number of aryl methyl sites for hydroxylation is 1. The van der Waals surface area contributed by atoms with E-state index in [9.17, 15) is 18.3 Å². The lowest BCUT2D eigenvalue weighted by molar-refractivity contribution is -0.0190. The molecule has 1 amide bonds. The van der Waals surface area contributed by atoms with Gasteiger partial charge in [0.05, 0.1) is 36.7 Å². The number of imidazole rings is 1. The van der Waals surface area contributed by atoms with Crippen LogP contribution in [0.2, 0.25) is 0 Å². The summed E-state index contributed by atoms with van der Waals surface area (Å²) in [7, 11) is -0.121. The van der Waals surface area contributed by atoms with Crippen LogP contribution in [0, 0.1) is 11.8 Å². The van der Waals surface area contributed by atoms with Crippen LogP contribution in [0.1, 0.15) is 82.5 Å². The van der Waals surface area contributed by atoms with E-state index in [4.69, 9.17) is 9.47 Å². The van der Waals surface area contributed by atoms with E-state index in [1.54, 1.807) is 28.6 Å². The number of aliphatic hydroxyl groups excluding tert-OH is 1. The Bertz CT molecular complexity index is 1340. The highest BCUT2D eigenvalue weighted by Crippen LogP contribution is 2.30. The molecule has 11 nitrogen and oxygen atoms in total. The third-order valence-corrected chi connectivity index (χ3v) is 10.3. The van der Waals surface area contributed by atoms with Crippen LogP contribution >= 0.6 is 0 Å². The number of nitrogens with zero attached hydrogens (tertiary/aromatic N) is 4. The van der Waals surface area contributed by atoms with Gasteiger partial charge in [0.25, 0.3) is 15.9 Å². The fourth-order valence-electron chi connectivity index (χ4n) is 6.38. The molecule has 1 fully saturated rings. The summed E-state index contributed by atoms with van der Waals surface area (Å²) in [5, 5.41) is 10.1. The Morgan fingerprint density at radius 2 is 1.84 bits per heavy atom. The highest BCUT2D eigenvalue weighted by molar-refractivity contribution is 7.92. The maximum absolute atomic E-state index is 14.3. The minimum Gasteiger partial charge on any atom is -0.490 e. The molecular formula is C33H53N5O6S. The van der Waals surface area contributed by atoms with Crippen molar-refractivity contribution in [2.24, 2.45) is 18.9 Å². The molecular weight excluding hydrogens is 594 g/mol.